The highest BCUT2D eigenvalue weighted by Gasteiger charge is 2.33. The SMILES string of the molecule is O=C1[N]C(=O)C2=C1C=CCC2=S. The van der Waals surface area contributed by atoms with Crippen molar-refractivity contribution in [3.05, 3.63) is 23.3 Å². The highest BCUT2D eigenvalue weighted by atomic mass is 32.1. The normalized spacial score (nSPS) is 21.5. The summed E-state index contributed by atoms with van der Waals surface area (Å²) in [6.07, 6.45) is 3.94. The predicted molar refractivity (Wildman–Crippen MR) is 45.5 cm³/mol. The van der Waals surface area contributed by atoms with Crippen molar-refractivity contribution >= 4 is 28.9 Å². The molecule has 2 amide bonds. The minimum atomic E-state index is -0.482. The van der Waals surface area contributed by atoms with Gasteiger partial charge in [0, 0.05) is 11.3 Å². The van der Waals surface area contributed by atoms with Crippen LogP contribution in [-0.2, 0) is 9.59 Å². The molecule has 1 heterocycles. The van der Waals surface area contributed by atoms with E-state index in [0.29, 0.717) is 22.4 Å². The molecule has 59 valence electrons. The van der Waals surface area contributed by atoms with Crippen LogP contribution in [0.15, 0.2) is 23.3 Å². The topological polar surface area (TPSA) is 48.2 Å². The predicted octanol–water partition coefficient (Wildman–Crippen LogP) is 0.284. The third-order valence-electron chi connectivity index (χ3n) is 1.78. The van der Waals surface area contributed by atoms with E-state index in [9.17, 15) is 9.59 Å². The van der Waals surface area contributed by atoms with E-state index in [4.69, 9.17) is 12.2 Å². The third kappa shape index (κ3) is 0.848. The first-order valence-corrected chi connectivity index (χ1v) is 3.85. The molecule has 0 unspecified atom stereocenters. The molecule has 0 fully saturated rings. The summed E-state index contributed by atoms with van der Waals surface area (Å²) >= 11 is 4.93. The Labute approximate surface area is 74.1 Å². The van der Waals surface area contributed by atoms with E-state index in [0.717, 1.165) is 0 Å². The Bertz CT molecular complexity index is 355. The molecule has 0 spiro atoms. The van der Waals surface area contributed by atoms with Gasteiger partial charge >= 0.3 is 0 Å². The van der Waals surface area contributed by atoms with E-state index in [1.807, 2.05) is 0 Å². The lowest BCUT2D eigenvalue weighted by Gasteiger charge is -2.03. The van der Waals surface area contributed by atoms with Crippen LogP contribution in [0.1, 0.15) is 6.42 Å². The maximum absolute atomic E-state index is 11.1. The van der Waals surface area contributed by atoms with Gasteiger partial charge in [-0.3, -0.25) is 9.59 Å². The summed E-state index contributed by atoms with van der Waals surface area (Å²) in [4.78, 5) is 22.6. The standard InChI is InChI=1S/C8H4NO2S/c10-7-4-2-1-3-5(12)6(4)8(11)9-7/h1-2H,3H2. The fourth-order valence-electron chi connectivity index (χ4n) is 1.24. The molecule has 0 saturated carbocycles. The lowest BCUT2D eigenvalue weighted by molar-refractivity contribution is -0.124. The summed E-state index contributed by atoms with van der Waals surface area (Å²) in [6, 6.07) is 0. The smallest absolute Gasteiger partial charge is 0.267 e. The molecule has 0 N–H and O–H groups in total. The van der Waals surface area contributed by atoms with Gasteiger partial charge in [0.05, 0.1) is 11.1 Å². The second-order valence-corrected chi connectivity index (χ2v) is 3.03. The Morgan fingerprint density at radius 1 is 1.33 bits per heavy atom. The van der Waals surface area contributed by atoms with Gasteiger partial charge in [-0.25, -0.2) is 0 Å². The largest absolute Gasteiger partial charge is 0.282 e. The first kappa shape index (κ1) is 7.36. The number of thiocarbonyl (C=S) groups is 1. The fourth-order valence-corrected chi connectivity index (χ4v) is 1.53. The number of rotatable bonds is 0. The number of hydrogen-bond donors (Lipinski definition) is 0. The van der Waals surface area contributed by atoms with Gasteiger partial charge in [-0.05, 0) is 0 Å². The van der Waals surface area contributed by atoms with Gasteiger partial charge in [-0.1, -0.05) is 24.4 Å². The summed E-state index contributed by atoms with van der Waals surface area (Å²) in [5.41, 5.74) is 0.689. The molecule has 0 aromatic heterocycles. The summed E-state index contributed by atoms with van der Waals surface area (Å²) in [6.45, 7) is 0. The summed E-state index contributed by atoms with van der Waals surface area (Å²) in [5, 5.41) is 3.29. The van der Waals surface area contributed by atoms with Crippen LogP contribution >= 0.6 is 12.2 Å². The molecule has 2 aliphatic rings. The number of carbonyl (C=O) groups is 2. The third-order valence-corrected chi connectivity index (χ3v) is 2.15. The fraction of sp³-hybridized carbons (Fsp3) is 0.125. The zero-order valence-electron chi connectivity index (χ0n) is 6.03. The van der Waals surface area contributed by atoms with Crippen LogP contribution in [0.25, 0.3) is 0 Å². The van der Waals surface area contributed by atoms with Crippen LogP contribution in [0, 0.1) is 0 Å². The molecule has 0 aromatic carbocycles. The van der Waals surface area contributed by atoms with Gasteiger partial charge in [0.1, 0.15) is 0 Å². The quantitative estimate of drug-likeness (QED) is 0.395. The van der Waals surface area contributed by atoms with Crippen molar-refractivity contribution in [2.45, 2.75) is 6.42 Å². The first-order valence-electron chi connectivity index (χ1n) is 3.44. The Hall–Kier alpha value is -1.29. The van der Waals surface area contributed by atoms with Gasteiger partial charge in [0.15, 0.2) is 0 Å². The minimum absolute atomic E-state index is 0.331. The molecule has 2 rings (SSSR count). The zero-order chi connectivity index (χ0) is 8.72. The van der Waals surface area contributed by atoms with Gasteiger partial charge < -0.3 is 0 Å². The lowest BCUT2D eigenvalue weighted by atomic mass is 9.99. The number of carbonyl (C=O) groups excluding carboxylic acids is 2. The molecule has 0 aromatic rings. The highest BCUT2D eigenvalue weighted by Crippen LogP contribution is 2.22. The van der Waals surface area contributed by atoms with E-state index < -0.39 is 11.8 Å². The van der Waals surface area contributed by atoms with Gasteiger partial charge in [0.2, 0.25) is 0 Å². The Morgan fingerprint density at radius 3 is 2.75 bits per heavy atom. The van der Waals surface area contributed by atoms with E-state index in [-0.39, 0.29) is 0 Å². The molecular weight excluding hydrogens is 174 g/mol. The van der Waals surface area contributed by atoms with Crippen molar-refractivity contribution in [3.8, 4) is 0 Å². The molecule has 4 heteroatoms. The summed E-state index contributed by atoms with van der Waals surface area (Å²) in [7, 11) is 0. The molecule has 3 nitrogen and oxygen atoms in total. The molecule has 1 aliphatic heterocycles. The molecule has 1 radical (unpaired) electrons. The maximum Gasteiger partial charge on any atom is 0.282 e. The van der Waals surface area contributed by atoms with Crippen molar-refractivity contribution in [2.24, 2.45) is 0 Å². The number of nitrogens with zero attached hydrogens (tertiary/aromatic N) is 1. The van der Waals surface area contributed by atoms with E-state index in [2.05, 4.69) is 5.32 Å². The van der Waals surface area contributed by atoms with Crippen LogP contribution in [0.2, 0.25) is 0 Å². The highest BCUT2D eigenvalue weighted by molar-refractivity contribution is 7.81. The lowest BCUT2D eigenvalue weighted by Crippen LogP contribution is -2.16. The average Bonchev–Trinajstić information content (AvgIpc) is 2.29. The van der Waals surface area contributed by atoms with Crippen molar-refractivity contribution in [3.63, 3.8) is 0 Å². The van der Waals surface area contributed by atoms with Crippen molar-refractivity contribution in [2.75, 3.05) is 0 Å². The molecular formula is C8H4NO2S. The van der Waals surface area contributed by atoms with Gasteiger partial charge in [-0.15, -0.1) is 0 Å². The molecule has 12 heavy (non-hydrogen) atoms. The first-order chi connectivity index (χ1) is 5.70. The number of hydrogen-bond acceptors (Lipinski definition) is 3. The van der Waals surface area contributed by atoms with Crippen LogP contribution in [0.5, 0.6) is 0 Å². The monoisotopic (exact) mass is 178 g/mol. The molecule has 0 bridgehead atoms. The van der Waals surface area contributed by atoms with E-state index >= 15 is 0 Å². The van der Waals surface area contributed by atoms with Crippen LogP contribution < -0.4 is 5.32 Å². The van der Waals surface area contributed by atoms with E-state index in [1.54, 1.807) is 12.2 Å². The van der Waals surface area contributed by atoms with Crippen molar-refractivity contribution in [1.29, 1.82) is 0 Å². The minimum Gasteiger partial charge on any atom is -0.267 e. The van der Waals surface area contributed by atoms with Gasteiger partial charge in [0.25, 0.3) is 11.8 Å². The summed E-state index contributed by atoms with van der Waals surface area (Å²) < 4.78 is 0. The average molecular weight is 178 g/mol. The number of amides is 2. The van der Waals surface area contributed by atoms with Crippen LogP contribution in [0.3, 0.4) is 0 Å². The Morgan fingerprint density at radius 2 is 2.08 bits per heavy atom. The van der Waals surface area contributed by atoms with E-state index in [1.165, 1.54) is 0 Å². The maximum atomic E-state index is 11.1. The Balaban J connectivity index is 2.59. The van der Waals surface area contributed by atoms with Crippen LogP contribution in [0.4, 0.5) is 0 Å². The second-order valence-electron chi connectivity index (χ2n) is 2.54. The Kier molecular flexibility index (Phi) is 1.44. The van der Waals surface area contributed by atoms with Crippen LogP contribution in [-0.4, -0.2) is 16.7 Å². The second kappa shape index (κ2) is 2.35. The molecule has 0 atom stereocenters. The summed E-state index contributed by atoms with van der Waals surface area (Å²) in [5.74, 6) is -0.947. The number of allylic oxidation sites excluding steroid dienone is 1. The zero-order valence-corrected chi connectivity index (χ0v) is 6.85. The van der Waals surface area contributed by atoms with Gasteiger partial charge in [-0.2, -0.15) is 5.32 Å². The number of imide groups is 1. The van der Waals surface area contributed by atoms with Crippen molar-refractivity contribution < 1.29 is 9.59 Å². The molecule has 1 aliphatic carbocycles. The van der Waals surface area contributed by atoms with Crippen molar-refractivity contribution in [1.82, 2.24) is 5.32 Å². The molecule has 0 saturated heterocycles.